The van der Waals surface area contributed by atoms with Crippen LogP contribution in [0.25, 0.3) is 0 Å². The molecule has 1 heterocycles. The van der Waals surface area contributed by atoms with Crippen molar-refractivity contribution < 1.29 is 23.1 Å². The van der Waals surface area contributed by atoms with Gasteiger partial charge in [0.1, 0.15) is 0 Å². The number of rotatable bonds is 9. The molecule has 0 radical (unpaired) electrons. The van der Waals surface area contributed by atoms with Crippen molar-refractivity contribution >= 4 is 44.1 Å². The topological polar surface area (TPSA) is 125 Å². The van der Waals surface area contributed by atoms with Crippen molar-refractivity contribution in [2.45, 2.75) is 38.0 Å². The quantitative estimate of drug-likeness (QED) is 0.582. The smallest absolute Gasteiger partial charge is 0.303 e. The van der Waals surface area contributed by atoms with Crippen LogP contribution in [0.2, 0.25) is 0 Å². The van der Waals surface area contributed by atoms with Gasteiger partial charge in [-0.2, -0.15) is 0 Å². The molecule has 0 unspecified atom stereocenters. The van der Waals surface area contributed by atoms with Crippen LogP contribution in [0.4, 0.5) is 10.8 Å². The van der Waals surface area contributed by atoms with E-state index < -0.39 is 21.4 Å². The van der Waals surface area contributed by atoms with Crippen LogP contribution >= 0.6 is 11.3 Å². The summed E-state index contributed by atoms with van der Waals surface area (Å²) in [7, 11) is -3.75. The highest BCUT2D eigenvalue weighted by Crippen LogP contribution is 2.30. The number of aliphatic carboxylic acids is 1. The monoisotopic (exact) mass is 411 g/mol. The molecule has 8 nitrogen and oxygen atoms in total. The number of aromatic nitrogens is 1. The lowest BCUT2D eigenvalue weighted by Gasteiger charge is -2.25. The largest absolute Gasteiger partial charge is 0.481 e. The Morgan fingerprint density at radius 3 is 2.41 bits per heavy atom. The summed E-state index contributed by atoms with van der Waals surface area (Å²) in [5.41, 5.74) is -0.210. The molecular formula is C17H21N3O5S2. The van der Waals surface area contributed by atoms with E-state index in [0.29, 0.717) is 12.1 Å². The van der Waals surface area contributed by atoms with Crippen LogP contribution in [0.5, 0.6) is 0 Å². The second-order valence-corrected chi connectivity index (χ2v) is 9.00. The van der Waals surface area contributed by atoms with Crippen molar-refractivity contribution in [1.82, 2.24) is 4.98 Å². The zero-order chi connectivity index (χ0) is 20.1. The summed E-state index contributed by atoms with van der Waals surface area (Å²) >= 11 is 1.17. The van der Waals surface area contributed by atoms with Crippen LogP contribution in [-0.2, 0) is 19.6 Å². The van der Waals surface area contributed by atoms with E-state index >= 15 is 0 Å². The molecular weight excluding hydrogens is 390 g/mol. The zero-order valence-corrected chi connectivity index (χ0v) is 16.6. The lowest BCUT2D eigenvalue weighted by Crippen LogP contribution is -2.27. The normalized spacial score (nSPS) is 13.6. The van der Waals surface area contributed by atoms with Crippen molar-refractivity contribution in [1.29, 1.82) is 0 Å². The van der Waals surface area contributed by atoms with Crippen molar-refractivity contribution in [2.24, 2.45) is 5.41 Å². The molecule has 2 rings (SSSR count). The Kier molecular flexibility index (Phi) is 6.55. The highest BCUT2D eigenvalue weighted by Gasteiger charge is 2.28. The lowest BCUT2D eigenvalue weighted by molar-refractivity contribution is -0.140. The first kappa shape index (κ1) is 20.8. The number of hydrogen-bond donors (Lipinski definition) is 3. The van der Waals surface area contributed by atoms with Gasteiger partial charge in [-0.1, -0.05) is 13.8 Å². The van der Waals surface area contributed by atoms with Crippen molar-refractivity contribution in [3.8, 4) is 0 Å². The van der Waals surface area contributed by atoms with E-state index in [1.807, 2.05) is 6.92 Å². The summed E-state index contributed by atoms with van der Waals surface area (Å²) in [6.07, 6.45) is 2.00. The summed E-state index contributed by atoms with van der Waals surface area (Å²) in [4.78, 5) is 27.1. The fourth-order valence-electron chi connectivity index (χ4n) is 2.44. The highest BCUT2D eigenvalue weighted by atomic mass is 32.2. The van der Waals surface area contributed by atoms with Crippen LogP contribution in [0.1, 0.15) is 33.1 Å². The highest BCUT2D eigenvalue weighted by molar-refractivity contribution is 7.93. The maximum Gasteiger partial charge on any atom is 0.303 e. The van der Waals surface area contributed by atoms with Gasteiger partial charge in [0.05, 0.1) is 11.3 Å². The van der Waals surface area contributed by atoms with Gasteiger partial charge in [0.25, 0.3) is 10.0 Å². The fourth-order valence-corrected chi connectivity index (χ4v) is 4.22. The Hall–Kier alpha value is -2.46. The molecule has 0 aliphatic heterocycles. The number of nitrogens with zero attached hydrogens (tertiary/aromatic N) is 1. The summed E-state index contributed by atoms with van der Waals surface area (Å²) in [6.45, 7) is 3.59. The Morgan fingerprint density at radius 1 is 1.22 bits per heavy atom. The third-order valence-electron chi connectivity index (χ3n) is 4.12. The van der Waals surface area contributed by atoms with E-state index in [4.69, 9.17) is 5.11 Å². The summed E-state index contributed by atoms with van der Waals surface area (Å²) < 4.78 is 26.9. The van der Waals surface area contributed by atoms with Crippen LogP contribution in [-0.4, -0.2) is 30.4 Å². The molecule has 146 valence electrons. The van der Waals surface area contributed by atoms with Gasteiger partial charge in [0, 0.05) is 23.7 Å². The predicted molar refractivity (Wildman–Crippen MR) is 103 cm³/mol. The average Bonchev–Trinajstić information content (AvgIpc) is 3.06. The van der Waals surface area contributed by atoms with Gasteiger partial charge in [0.15, 0.2) is 5.13 Å². The van der Waals surface area contributed by atoms with Crippen LogP contribution < -0.4 is 10.0 Å². The molecule has 1 aromatic heterocycles. The first-order valence-electron chi connectivity index (χ1n) is 8.17. The van der Waals surface area contributed by atoms with Gasteiger partial charge in [0.2, 0.25) is 5.91 Å². The number of thiazole rings is 1. The Morgan fingerprint density at radius 2 is 1.89 bits per heavy atom. The molecule has 0 fully saturated rings. The summed E-state index contributed by atoms with van der Waals surface area (Å²) in [6, 6.07) is 5.72. The Labute approximate surface area is 161 Å². The molecule has 0 aliphatic rings. The number of carbonyl (C=O) groups excluding carboxylic acids is 1. The molecule has 1 atom stereocenters. The van der Waals surface area contributed by atoms with Crippen LogP contribution in [0.15, 0.2) is 40.7 Å². The first-order valence-corrected chi connectivity index (χ1v) is 10.5. The molecule has 0 saturated carbocycles. The average molecular weight is 412 g/mol. The van der Waals surface area contributed by atoms with E-state index in [1.54, 1.807) is 12.3 Å². The van der Waals surface area contributed by atoms with Gasteiger partial charge in [-0.05, 0) is 36.1 Å². The Bertz CT molecular complexity index is 895. The number of carboxylic acids is 1. The number of carboxylic acid groups (broad SMARTS) is 1. The molecule has 1 aromatic carbocycles. The van der Waals surface area contributed by atoms with Crippen molar-refractivity contribution in [3.05, 3.63) is 35.8 Å². The van der Waals surface area contributed by atoms with Gasteiger partial charge >= 0.3 is 5.97 Å². The SMILES string of the molecule is CC[C@](C)(CC(=O)O)CC(=O)Nc1ccc(S(=O)(=O)Nc2nccs2)cc1. The van der Waals surface area contributed by atoms with Crippen molar-refractivity contribution in [2.75, 3.05) is 10.0 Å². The van der Waals surface area contributed by atoms with Crippen molar-refractivity contribution in [3.63, 3.8) is 0 Å². The molecule has 0 spiro atoms. The minimum absolute atomic E-state index is 0.0416. The summed E-state index contributed by atoms with van der Waals surface area (Å²) in [5, 5.41) is 13.6. The van der Waals surface area contributed by atoms with Gasteiger partial charge < -0.3 is 10.4 Å². The maximum atomic E-state index is 12.3. The number of hydrogen-bond acceptors (Lipinski definition) is 6. The van der Waals surface area contributed by atoms with Gasteiger partial charge in [-0.15, -0.1) is 11.3 Å². The molecule has 0 saturated heterocycles. The van der Waals surface area contributed by atoms with E-state index in [9.17, 15) is 18.0 Å². The number of sulfonamides is 1. The molecule has 0 bridgehead atoms. The minimum atomic E-state index is -3.75. The molecule has 27 heavy (non-hydrogen) atoms. The molecule has 2 aromatic rings. The number of carbonyl (C=O) groups is 2. The second kappa shape index (κ2) is 8.49. The first-order chi connectivity index (χ1) is 12.6. The molecule has 3 N–H and O–H groups in total. The molecule has 1 amide bonds. The number of benzene rings is 1. The molecule has 10 heteroatoms. The number of anilines is 2. The van der Waals surface area contributed by atoms with E-state index in [0.717, 1.165) is 0 Å². The number of nitrogens with one attached hydrogen (secondary N) is 2. The fraction of sp³-hybridized carbons (Fsp3) is 0.353. The number of amides is 1. The predicted octanol–water partition coefficient (Wildman–Crippen LogP) is 3.16. The van der Waals surface area contributed by atoms with E-state index in [-0.39, 0.29) is 28.8 Å². The van der Waals surface area contributed by atoms with Crippen LogP contribution in [0, 0.1) is 5.41 Å². The summed E-state index contributed by atoms with van der Waals surface area (Å²) in [5.74, 6) is -1.27. The lowest BCUT2D eigenvalue weighted by atomic mass is 9.80. The third-order valence-corrected chi connectivity index (χ3v) is 6.29. The maximum absolute atomic E-state index is 12.3. The molecule has 0 aliphatic carbocycles. The zero-order valence-electron chi connectivity index (χ0n) is 14.9. The van der Waals surface area contributed by atoms with Gasteiger partial charge in [-0.3, -0.25) is 14.3 Å². The van der Waals surface area contributed by atoms with Crippen LogP contribution in [0.3, 0.4) is 0 Å². The second-order valence-electron chi connectivity index (χ2n) is 6.43. The van der Waals surface area contributed by atoms with Gasteiger partial charge in [-0.25, -0.2) is 13.4 Å². The standard InChI is InChI=1S/C17H21N3O5S2/c1-3-17(2,11-15(22)23)10-14(21)19-12-4-6-13(7-5-12)27(24,25)20-16-18-8-9-26-16/h4-9H,3,10-11H2,1-2H3,(H,18,20)(H,19,21)(H,22,23)/t17-/m0/s1. The van der Waals surface area contributed by atoms with E-state index in [2.05, 4.69) is 15.0 Å². The Balaban J connectivity index is 2.02. The van der Waals surface area contributed by atoms with E-state index in [1.165, 1.54) is 41.8 Å². The minimum Gasteiger partial charge on any atom is -0.481 e. The third kappa shape index (κ3) is 6.04.